The van der Waals surface area contributed by atoms with E-state index in [1.54, 1.807) is 0 Å². The van der Waals surface area contributed by atoms with Crippen molar-refractivity contribution >= 4 is 27.4 Å². The molecule has 0 aliphatic carbocycles. The van der Waals surface area contributed by atoms with Gasteiger partial charge in [-0.2, -0.15) is 0 Å². The Balaban J connectivity index is 5.31. The van der Waals surface area contributed by atoms with E-state index in [9.17, 15) is 0 Å². The molecular weight excluding hydrogens is 296 g/mol. The van der Waals surface area contributed by atoms with E-state index < -0.39 is 17.5 Å². The van der Waals surface area contributed by atoms with Crippen LogP contribution in [0.15, 0.2) is 0 Å². The number of hydrogen-bond donors (Lipinski definition) is 0. The van der Waals surface area contributed by atoms with Crippen molar-refractivity contribution in [1.29, 1.82) is 0 Å². The van der Waals surface area contributed by atoms with E-state index in [2.05, 4.69) is 79.0 Å². The van der Waals surface area contributed by atoms with Crippen molar-refractivity contribution in [3.8, 4) is 0 Å². The van der Waals surface area contributed by atoms with Gasteiger partial charge in [0.1, 0.15) is 0 Å². The molecule has 0 N–H and O–H groups in total. The molecule has 0 bridgehead atoms. The van der Waals surface area contributed by atoms with Crippen molar-refractivity contribution < 1.29 is 0 Å². The maximum atomic E-state index is 3.02. The minimum Gasteiger partial charge on any atom is -0.339 e. The zero-order valence-electron chi connectivity index (χ0n) is 15.4. The number of hydrogen-bond acceptors (Lipinski definition) is 4. The predicted molar refractivity (Wildman–Crippen MR) is 100 cm³/mol. The van der Waals surface area contributed by atoms with Gasteiger partial charge < -0.3 is 17.6 Å². The Morgan fingerprint density at radius 3 is 1.65 bits per heavy atom. The maximum Gasteiger partial charge on any atom is 0.188 e. The average molecular weight is 335 g/mol. The summed E-state index contributed by atoms with van der Waals surface area (Å²) in [6.45, 7) is 21.7. The van der Waals surface area contributed by atoms with Gasteiger partial charge >= 0.3 is 0 Å². The first kappa shape index (κ1) is 20.5. The first-order valence-corrected chi connectivity index (χ1v) is 14.5. The molecule has 1 unspecified atom stereocenters. The molecule has 7 heteroatoms. The average Bonchev–Trinajstić information content (AvgIpc) is 2.37. The zero-order chi connectivity index (χ0) is 15.9. The highest BCUT2D eigenvalue weighted by atomic mass is 28.4. The lowest BCUT2D eigenvalue weighted by Crippen LogP contribution is -2.71. The summed E-state index contributed by atoms with van der Waals surface area (Å²) in [7, 11) is 1.74. The second-order valence-electron chi connectivity index (χ2n) is 6.21. The van der Waals surface area contributed by atoms with Crippen LogP contribution in [0, 0.1) is 0 Å². The minimum absolute atomic E-state index is 0.308. The molecule has 122 valence electrons. The molecule has 0 aromatic carbocycles. The first-order valence-electron chi connectivity index (χ1n) is 8.16. The van der Waals surface area contributed by atoms with Gasteiger partial charge in [0.25, 0.3) is 0 Å². The minimum atomic E-state index is -1.48. The molecule has 0 aliphatic rings. The Kier molecular flexibility index (Phi) is 9.73. The second kappa shape index (κ2) is 9.50. The molecule has 0 amide bonds. The summed E-state index contributed by atoms with van der Waals surface area (Å²) in [6, 6.07) is 0. The summed E-state index contributed by atoms with van der Waals surface area (Å²) in [5, 5.41) is 0. The lowest BCUT2D eigenvalue weighted by Gasteiger charge is -2.50. The lowest BCUT2D eigenvalue weighted by atomic mass is 10.7. The molecular formula is C13H38N4Si3. The lowest BCUT2D eigenvalue weighted by molar-refractivity contribution is 0.418. The summed E-state index contributed by atoms with van der Waals surface area (Å²) in [4.78, 5) is 0. The molecule has 4 nitrogen and oxygen atoms in total. The standard InChI is InChI=1S/C13H38N4Si3/c1-10-15(11-2)19(7)17(18-14(5)6)20(8,9)16(12-3)13-4/h19H,10-13,18H2,1-9H3. The van der Waals surface area contributed by atoms with E-state index in [-0.39, 0.29) is 9.84 Å². The van der Waals surface area contributed by atoms with Gasteiger partial charge in [-0.25, -0.2) is 0 Å². The Labute approximate surface area is 133 Å². The molecule has 0 aliphatic heterocycles. The quantitative estimate of drug-likeness (QED) is 0.554. The van der Waals surface area contributed by atoms with Crippen LogP contribution in [0.2, 0.25) is 19.6 Å². The topological polar surface area (TPSA) is 13.0 Å². The van der Waals surface area contributed by atoms with Crippen LogP contribution in [0.25, 0.3) is 0 Å². The molecule has 0 saturated heterocycles. The predicted octanol–water partition coefficient (Wildman–Crippen LogP) is 1.08. The molecule has 0 fully saturated rings. The Hall–Kier alpha value is 0.491. The van der Waals surface area contributed by atoms with Crippen LogP contribution in [0.1, 0.15) is 27.7 Å². The van der Waals surface area contributed by atoms with E-state index in [0.717, 1.165) is 0 Å². The smallest absolute Gasteiger partial charge is 0.188 e. The van der Waals surface area contributed by atoms with Gasteiger partial charge in [-0.05, 0) is 59.9 Å². The summed E-state index contributed by atoms with van der Waals surface area (Å²) in [5.74, 6) is 0. The van der Waals surface area contributed by atoms with Crippen molar-refractivity contribution in [2.75, 3.05) is 40.3 Å². The van der Waals surface area contributed by atoms with E-state index in [1.165, 1.54) is 26.2 Å². The molecule has 0 saturated carbocycles. The van der Waals surface area contributed by atoms with Gasteiger partial charge in [0, 0.05) is 0 Å². The molecule has 0 aromatic rings. The van der Waals surface area contributed by atoms with E-state index in [4.69, 9.17) is 0 Å². The van der Waals surface area contributed by atoms with Crippen LogP contribution in [0.3, 0.4) is 0 Å². The van der Waals surface area contributed by atoms with Gasteiger partial charge in [0.05, 0.1) is 0 Å². The van der Waals surface area contributed by atoms with Crippen molar-refractivity contribution in [3.05, 3.63) is 0 Å². The van der Waals surface area contributed by atoms with Gasteiger partial charge in [-0.3, -0.25) is 0 Å². The van der Waals surface area contributed by atoms with Crippen LogP contribution < -0.4 is 0 Å². The van der Waals surface area contributed by atoms with E-state index in [0.29, 0.717) is 0 Å². The fourth-order valence-electron chi connectivity index (χ4n) is 3.18. The Morgan fingerprint density at radius 2 is 1.35 bits per heavy atom. The third-order valence-electron chi connectivity index (χ3n) is 4.47. The molecule has 0 heterocycles. The molecule has 0 rings (SSSR count). The van der Waals surface area contributed by atoms with Gasteiger partial charge in [-0.1, -0.05) is 27.7 Å². The van der Waals surface area contributed by atoms with E-state index >= 15 is 0 Å². The highest BCUT2D eigenvalue weighted by Gasteiger charge is 2.39. The van der Waals surface area contributed by atoms with Crippen LogP contribution in [0.5, 0.6) is 0 Å². The highest BCUT2D eigenvalue weighted by molar-refractivity contribution is 6.88. The van der Waals surface area contributed by atoms with Crippen molar-refractivity contribution in [2.45, 2.75) is 47.3 Å². The first-order chi connectivity index (χ1) is 9.25. The van der Waals surface area contributed by atoms with Crippen molar-refractivity contribution in [2.24, 2.45) is 0 Å². The SMILES string of the molecule is CCN(CC)[SiH](C)N([SiH2]N(C)C)[Si](C)(C)N(CC)CC. The van der Waals surface area contributed by atoms with Crippen LogP contribution >= 0.6 is 0 Å². The molecule has 20 heavy (non-hydrogen) atoms. The molecule has 0 radical (unpaired) electrons. The second-order valence-corrected chi connectivity index (χ2v) is 17.1. The molecule has 0 spiro atoms. The van der Waals surface area contributed by atoms with E-state index in [1.807, 2.05) is 0 Å². The highest BCUT2D eigenvalue weighted by Crippen LogP contribution is 2.18. The normalized spacial score (nSPS) is 15.4. The fourth-order valence-corrected chi connectivity index (χ4v) is 17.2. The third-order valence-corrected chi connectivity index (χ3v) is 19.5. The van der Waals surface area contributed by atoms with Gasteiger partial charge in [0.2, 0.25) is 0 Å². The third kappa shape index (κ3) is 5.36. The Bertz CT molecular complexity index is 256. The summed E-state index contributed by atoms with van der Waals surface area (Å²) in [6.07, 6.45) is 0. The largest absolute Gasteiger partial charge is 0.339 e. The fraction of sp³-hybridized carbons (Fsp3) is 1.00. The van der Waals surface area contributed by atoms with Gasteiger partial charge in [0.15, 0.2) is 27.4 Å². The van der Waals surface area contributed by atoms with Crippen LogP contribution in [-0.2, 0) is 0 Å². The summed E-state index contributed by atoms with van der Waals surface area (Å²) in [5.41, 5.74) is 0. The monoisotopic (exact) mass is 334 g/mol. The van der Waals surface area contributed by atoms with Crippen molar-refractivity contribution in [1.82, 2.24) is 17.6 Å². The number of nitrogens with zero attached hydrogens (tertiary/aromatic N) is 4. The van der Waals surface area contributed by atoms with Crippen LogP contribution in [0.4, 0.5) is 0 Å². The molecule has 0 aromatic heterocycles. The van der Waals surface area contributed by atoms with Crippen LogP contribution in [-0.4, -0.2) is 85.2 Å². The summed E-state index contributed by atoms with van der Waals surface area (Å²) < 4.78 is 11.0. The molecule has 1 atom stereocenters. The van der Waals surface area contributed by atoms with Crippen molar-refractivity contribution in [3.63, 3.8) is 0 Å². The number of rotatable bonds is 10. The Morgan fingerprint density at radius 1 is 0.900 bits per heavy atom. The zero-order valence-corrected chi connectivity index (χ0v) is 19.0. The summed E-state index contributed by atoms with van der Waals surface area (Å²) >= 11 is 0. The van der Waals surface area contributed by atoms with Gasteiger partial charge in [-0.15, -0.1) is 0 Å². The maximum absolute atomic E-state index is 3.02.